The van der Waals surface area contributed by atoms with Crippen molar-refractivity contribution in [3.05, 3.63) is 47.5 Å². The summed E-state index contributed by atoms with van der Waals surface area (Å²) < 4.78 is 11.1. The standard InChI is InChI=1S/C21H22N2O4/c1-13-3-4-16(9-14(13)2)22-21(25)15-10-20(24)23(12-15)17-5-6-18-19(11-17)27-8-7-26-18/h3-6,9,11,15H,7-8,10,12H2,1-2H3,(H,22,25). The second-order valence-electron chi connectivity index (χ2n) is 7.02. The maximum atomic E-state index is 12.6. The number of carbonyl (C=O) groups excluding carboxylic acids is 2. The zero-order valence-corrected chi connectivity index (χ0v) is 15.5. The quantitative estimate of drug-likeness (QED) is 0.907. The lowest BCUT2D eigenvalue weighted by Crippen LogP contribution is -2.28. The maximum Gasteiger partial charge on any atom is 0.229 e. The third-order valence-corrected chi connectivity index (χ3v) is 5.11. The van der Waals surface area contributed by atoms with E-state index in [1.807, 2.05) is 38.1 Å². The van der Waals surface area contributed by atoms with Crippen molar-refractivity contribution < 1.29 is 19.1 Å². The van der Waals surface area contributed by atoms with Crippen LogP contribution in [0.25, 0.3) is 0 Å². The van der Waals surface area contributed by atoms with Crippen molar-refractivity contribution >= 4 is 23.2 Å². The number of hydrogen-bond acceptors (Lipinski definition) is 4. The van der Waals surface area contributed by atoms with E-state index in [1.54, 1.807) is 17.0 Å². The minimum atomic E-state index is -0.382. The molecular weight excluding hydrogens is 344 g/mol. The van der Waals surface area contributed by atoms with Gasteiger partial charge in [-0.3, -0.25) is 9.59 Å². The monoisotopic (exact) mass is 366 g/mol. The smallest absolute Gasteiger partial charge is 0.229 e. The minimum Gasteiger partial charge on any atom is -0.486 e. The number of carbonyl (C=O) groups is 2. The molecular formula is C21H22N2O4. The molecule has 0 aromatic heterocycles. The Morgan fingerprint density at radius 1 is 1.04 bits per heavy atom. The summed E-state index contributed by atoms with van der Waals surface area (Å²) in [5, 5.41) is 2.93. The van der Waals surface area contributed by atoms with Gasteiger partial charge in [0.2, 0.25) is 11.8 Å². The predicted molar refractivity (Wildman–Crippen MR) is 102 cm³/mol. The fraction of sp³-hybridized carbons (Fsp3) is 0.333. The van der Waals surface area contributed by atoms with Crippen LogP contribution in [0.3, 0.4) is 0 Å². The second-order valence-corrected chi connectivity index (χ2v) is 7.02. The summed E-state index contributed by atoms with van der Waals surface area (Å²) in [4.78, 5) is 26.8. The molecule has 2 aromatic carbocycles. The normalized spacial score (nSPS) is 18.5. The highest BCUT2D eigenvalue weighted by Crippen LogP contribution is 2.36. The number of hydrogen-bond donors (Lipinski definition) is 1. The third kappa shape index (κ3) is 3.47. The molecule has 27 heavy (non-hydrogen) atoms. The van der Waals surface area contributed by atoms with Crippen LogP contribution in [0, 0.1) is 19.8 Å². The molecule has 140 valence electrons. The summed E-state index contributed by atoms with van der Waals surface area (Å²) in [5.41, 5.74) is 3.78. The van der Waals surface area contributed by atoms with Crippen molar-refractivity contribution in [3.63, 3.8) is 0 Å². The molecule has 1 atom stereocenters. The largest absolute Gasteiger partial charge is 0.486 e. The molecule has 6 heteroatoms. The number of anilines is 2. The minimum absolute atomic E-state index is 0.0630. The molecule has 1 N–H and O–H groups in total. The van der Waals surface area contributed by atoms with E-state index in [4.69, 9.17) is 9.47 Å². The van der Waals surface area contributed by atoms with E-state index in [2.05, 4.69) is 5.32 Å². The number of amides is 2. The van der Waals surface area contributed by atoms with Gasteiger partial charge in [0.1, 0.15) is 13.2 Å². The molecule has 4 rings (SSSR count). The molecule has 2 amide bonds. The van der Waals surface area contributed by atoms with Crippen molar-refractivity contribution in [2.45, 2.75) is 20.3 Å². The van der Waals surface area contributed by atoms with E-state index in [0.29, 0.717) is 31.3 Å². The van der Waals surface area contributed by atoms with Crippen LogP contribution in [0.4, 0.5) is 11.4 Å². The van der Waals surface area contributed by atoms with Gasteiger partial charge in [0, 0.05) is 30.4 Å². The average molecular weight is 366 g/mol. The summed E-state index contributed by atoms with van der Waals surface area (Å²) >= 11 is 0. The summed E-state index contributed by atoms with van der Waals surface area (Å²) in [6, 6.07) is 11.2. The van der Waals surface area contributed by atoms with E-state index in [1.165, 1.54) is 5.56 Å². The van der Waals surface area contributed by atoms with Crippen molar-refractivity contribution in [1.29, 1.82) is 0 Å². The lowest BCUT2D eigenvalue weighted by Gasteiger charge is -2.22. The number of fused-ring (bicyclic) bond motifs is 1. The molecule has 0 bridgehead atoms. The highest BCUT2D eigenvalue weighted by Gasteiger charge is 2.35. The van der Waals surface area contributed by atoms with Crippen LogP contribution in [0.5, 0.6) is 11.5 Å². The Bertz CT molecular complexity index is 909. The molecule has 6 nitrogen and oxygen atoms in total. The number of ether oxygens (including phenoxy) is 2. The molecule has 0 saturated carbocycles. The molecule has 2 aliphatic rings. The first-order valence-corrected chi connectivity index (χ1v) is 9.09. The van der Waals surface area contributed by atoms with Crippen molar-refractivity contribution in [1.82, 2.24) is 0 Å². The van der Waals surface area contributed by atoms with Gasteiger partial charge < -0.3 is 19.7 Å². The van der Waals surface area contributed by atoms with Gasteiger partial charge in [0.15, 0.2) is 11.5 Å². The molecule has 1 fully saturated rings. The van der Waals surface area contributed by atoms with Crippen LogP contribution in [-0.4, -0.2) is 31.6 Å². The first-order valence-electron chi connectivity index (χ1n) is 9.09. The Morgan fingerprint density at radius 3 is 2.59 bits per heavy atom. The number of aryl methyl sites for hydroxylation is 2. The van der Waals surface area contributed by atoms with Crippen LogP contribution in [0.15, 0.2) is 36.4 Å². The topological polar surface area (TPSA) is 67.9 Å². The Labute approximate surface area is 158 Å². The second kappa shape index (κ2) is 6.95. The SMILES string of the molecule is Cc1ccc(NC(=O)C2CC(=O)N(c3ccc4c(c3)OCCO4)C2)cc1C. The van der Waals surface area contributed by atoms with Crippen LogP contribution in [0.1, 0.15) is 17.5 Å². The molecule has 1 unspecified atom stereocenters. The van der Waals surface area contributed by atoms with Crippen LogP contribution >= 0.6 is 0 Å². The van der Waals surface area contributed by atoms with E-state index in [-0.39, 0.29) is 24.2 Å². The fourth-order valence-electron chi connectivity index (χ4n) is 3.40. The van der Waals surface area contributed by atoms with E-state index < -0.39 is 0 Å². The molecule has 2 aromatic rings. The molecule has 0 radical (unpaired) electrons. The summed E-state index contributed by atoms with van der Waals surface area (Å²) in [7, 11) is 0. The predicted octanol–water partition coefficient (Wildman–Crippen LogP) is 3.07. The fourth-order valence-corrected chi connectivity index (χ4v) is 3.40. The highest BCUT2D eigenvalue weighted by atomic mass is 16.6. The summed E-state index contributed by atoms with van der Waals surface area (Å²) in [6.45, 7) is 5.41. The van der Waals surface area contributed by atoms with Crippen LogP contribution in [0.2, 0.25) is 0 Å². The van der Waals surface area contributed by atoms with Gasteiger partial charge in [-0.15, -0.1) is 0 Å². The number of benzene rings is 2. The van der Waals surface area contributed by atoms with Crippen LogP contribution in [-0.2, 0) is 9.59 Å². The van der Waals surface area contributed by atoms with E-state index in [9.17, 15) is 9.59 Å². The summed E-state index contributed by atoms with van der Waals surface area (Å²) in [5.74, 6) is 0.737. The number of rotatable bonds is 3. The average Bonchev–Trinajstić information content (AvgIpc) is 3.06. The molecule has 0 spiro atoms. The Morgan fingerprint density at radius 2 is 1.81 bits per heavy atom. The van der Waals surface area contributed by atoms with Crippen molar-refractivity contribution in [2.75, 3.05) is 30.0 Å². The molecule has 2 aliphatic heterocycles. The van der Waals surface area contributed by atoms with Gasteiger partial charge in [-0.2, -0.15) is 0 Å². The zero-order valence-electron chi connectivity index (χ0n) is 15.5. The first kappa shape index (κ1) is 17.4. The van der Waals surface area contributed by atoms with E-state index >= 15 is 0 Å². The first-order chi connectivity index (χ1) is 13.0. The van der Waals surface area contributed by atoms with Gasteiger partial charge >= 0.3 is 0 Å². The lowest BCUT2D eigenvalue weighted by molar-refractivity contribution is -0.122. The Balaban J connectivity index is 1.47. The Hall–Kier alpha value is -3.02. The zero-order chi connectivity index (χ0) is 19.0. The van der Waals surface area contributed by atoms with Crippen molar-refractivity contribution in [2.24, 2.45) is 5.92 Å². The molecule has 1 saturated heterocycles. The van der Waals surface area contributed by atoms with Gasteiger partial charge in [-0.05, 0) is 49.2 Å². The van der Waals surface area contributed by atoms with Gasteiger partial charge in [0.05, 0.1) is 5.92 Å². The highest BCUT2D eigenvalue weighted by molar-refractivity contribution is 6.03. The molecule has 0 aliphatic carbocycles. The number of nitrogens with zero attached hydrogens (tertiary/aromatic N) is 1. The van der Waals surface area contributed by atoms with Crippen molar-refractivity contribution in [3.8, 4) is 11.5 Å². The van der Waals surface area contributed by atoms with Gasteiger partial charge in [-0.25, -0.2) is 0 Å². The summed E-state index contributed by atoms with van der Waals surface area (Å²) in [6.07, 6.45) is 0.200. The molecule has 2 heterocycles. The van der Waals surface area contributed by atoms with Crippen LogP contribution < -0.4 is 19.7 Å². The van der Waals surface area contributed by atoms with Gasteiger partial charge in [0.25, 0.3) is 0 Å². The van der Waals surface area contributed by atoms with Gasteiger partial charge in [-0.1, -0.05) is 6.07 Å². The number of nitrogens with one attached hydrogen (secondary N) is 1. The Kier molecular flexibility index (Phi) is 4.48. The maximum absolute atomic E-state index is 12.6. The van der Waals surface area contributed by atoms with E-state index in [0.717, 1.165) is 16.9 Å². The lowest BCUT2D eigenvalue weighted by atomic mass is 10.1. The third-order valence-electron chi connectivity index (χ3n) is 5.11.